The van der Waals surface area contributed by atoms with Crippen LogP contribution < -0.4 is 5.32 Å². The van der Waals surface area contributed by atoms with Crippen LogP contribution in [0, 0.1) is 17.7 Å². The van der Waals surface area contributed by atoms with Crippen molar-refractivity contribution in [2.75, 3.05) is 6.54 Å². The molecule has 0 spiro atoms. The average Bonchev–Trinajstić information content (AvgIpc) is 2.58. The van der Waals surface area contributed by atoms with Gasteiger partial charge in [-0.15, -0.1) is 0 Å². The van der Waals surface area contributed by atoms with Crippen molar-refractivity contribution in [1.82, 2.24) is 5.32 Å². The molecule has 0 aromatic heterocycles. The first kappa shape index (κ1) is 16.5. The Balaban J connectivity index is 1.78. The van der Waals surface area contributed by atoms with E-state index in [-0.39, 0.29) is 25.3 Å². The number of ether oxygens (including phenoxy) is 1. The fourth-order valence-corrected chi connectivity index (χ4v) is 1.79. The molecule has 1 amide bonds. The zero-order valence-corrected chi connectivity index (χ0v) is 12.4. The van der Waals surface area contributed by atoms with Gasteiger partial charge in [0.05, 0.1) is 18.7 Å². The first-order valence-electron chi connectivity index (χ1n) is 7.02. The van der Waals surface area contributed by atoms with Gasteiger partial charge < -0.3 is 15.2 Å². The lowest BCUT2D eigenvalue weighted by molar-refractivity contribution is 0.141. The Morgan fingerprint density at radius 3 is 2.65 bits per heavy atom. The predicted octanol–water partition coefficient (Wildman–Crippen LogP) is 2.60. The maximum atomic E-state index is 13.6. The third kappa shape index (κ3) is 5.46. The Labute approximate surface area is 133 Å². The second-order valence-corrected chi connectivity index (χ2v) is 4.69. The number of amides is 1. The van der Waals surface area contributed by atoms with E-state index in [9.17, 15) is 9.18 Å². The third-order valence-electron chi connectivity index (χ3n) is 2.97. The Kier molecular flexibility index (Phi) is 6.16. The number of nitrogens with one attached hydrogen (secondary N) is 1. The zero-order chi connectivity index (χ0) is 16.5. The second kappa shape index (κ2) is 8.57. The molecule has 4 nitrogen and oxygen atoms in total. The normalized spacial score (nSPS) is 9.65. The van der Waals surface area contributed by atoms with Crippen LogP contribution in [0.15, 0.2) is 48.5 Å². The summed E-state index contributed by atoms with van der Waals surface area (Å²) >= 11 is 0. The van der Waals surface area contributed by atoms with Crippen molar-refractivity contribution in [3.63, 3.8) is 0 Å². The van der Waals surface area contributed by atoms with Crippen LogP contribution in [0.2, 0.25) is 0 Å². The minimum absolute atomic E-state index is 0.0504. The van der Waals surface area contributed by atoms with E-state index in [1.54, 1.807) is 6.07 Å². The highest BCUT2D eigenvalue weighted by Crippen LogP contribution is 2.09. The minimum atomic E-state index is -0.584. The highest BCUT2D eigenvalue weighted by Gasteiger charge is 2.01. The summed E-state index contributed by atoms with van der Waals surface area (Å²) in [6.45, 7) is 0.00556. The summed E-state index contributed by atoms with van der Waals surface area (Å²) in [6, 6.07) is 13.6. The molecule has 0 saturated carbocycles. The number of carbonyl (C=O) groups excluding carboxylic acids is 1. The molecule has 0 saturated heterocycles. The van der Waals surface area contributed by atoms with E-state index in [1.165, 1.54) is 12.1 Å². The molecule has 0 bridgehead atoms. The molecule has 2 aromatic carbocycles. The number of halogens is 1. The summed E-state index contributed by atoms with van der Waals surface area (Å²) in [5.41, 5.74) is 1.58. The van der Waals surface area contributed by atoms with Crippen molar-refractivity contribution in [1.29, 1.82) is 0 Å². The van der Waals surface area contributed by atoms with E-state index in [4.69, 9.17) is 9.84 Å². The quantitative estimate of drug-likeness (QED) is 0.853. The molecule has 0 atom stereocenters. The van der Waals surface area contributed by atoms with Crippen LogP contribution in [-0.4, -0.2) is 17.7 Å². The van der Waals surface area contributed by atoms with Gasteiger partial charge in [-0.05, 0) is 23.3 Å². The molecular formula is C18H16FNO3. The van der Waals surface area contributed by atoms with Crippen LogP contribution in [0.1, 0.15) is 16.7 Å². The summed E-state index contributed by atoms with van der Waals surface area (Å²) in [5.74, 6) is 4.76. The number of rotatable bonds is 4. The summed E-state index contributed by atoms with van der Waals surface area (Å²) in [6.07, 6.45) is -0.584. The molecule has 2 N–H and O–H groups in total. The van der Waals surface area contributed by atoms with Crippen molar-refractivity contribution in [2.45, 2.75) is 13.2 Å². The van der Waals surface area contributed by atoms with Crippen LogP contribution in [0.3, 0.4) is 0 Å². The maximum absolute atomic E-state index is 13.6. The lowest BCUT2D eigenvalue weighted by Crippen LogP contribution is -2.24. The maximum Gasteiger partial charge on any atom is 0.408 e. The van der Waals surface area contributed by atoms with E-state index < -0.39 is 11.9 Å². The topological polar surface area (TPSA) is 58.6 Å². The molecule has 0 fully saturated rings. The third-order valence-corrected chi connectivity index (χ3v) is 2.97. The van der Waals surface area contributed by atoms with Gasteiger partial charge in [0.1, 0.15) is 12.4 Å². The van der Waals surface area contributed by atoms with Crippen molar-refractivity contribution in [3.05, 3.63) is 71.0 Å². The molecule has 0 aliphatic heterocycles. The molecule has 2 rings (SSSR count). The summed E-state index contributed by atoms with van der Waals surface area (Å²) in [5, 5.41) is 11.4. The Bertz CT molecular complexity index is 720. The van der Waals surface area contributed by atoms with Crippen molar-refractivity contribution < 1.29 is 19.0 Å². The van der Waals surface area contributed by atoms with Crippen molar-refractivity contribution in [2.24, 2.45) is 0 Å². The van der Waals surface area contributed by atoms with Gasteiger partial charge in [0.2, 0.25) is 0 Å². The molecule has 23 heavy (non-hydrogen) atoms. The van der Waals surface area contributed by atoms with Crippen LogP contribution in [0.4, 0.5) is 9.18 Å². The second-order valence-electron chi connectivity index (χ2n) is 4.69. The lowest BCUT2D eigenvalue weighted by Gasteiger charge is -2.04. The number of alkyl carbamates (subject to hydrolysis) is 1. The van der Waals surface area contributed by atoms with E-state index in [2.05, 4.69) is 17.2 Å². The number of hydrogen-bond acceptors (Lipinski definition) is 3. The van der Waals surface area contributed by atoms with Gasteiger partial charge in [0.15, 0.2) is 0 Å². The van der Waals surface area contributed by atoms with Gasteiger partial charge in [-0.2, -0.15) is 0 Å². The van der Waals surface area contributed by atoms with E-state index in [0.717, 1.165) is 5.56 Å². The van der Waals surface area contributed by atoms with Crippen molar-refractivity contribution >= 4 is 6.09 Å². The number of hydrogen-bond donors (Lipinski definition) is 2. The van der Waals surface area contributed by atoms with Crippen LogP contribution in [0.5, 0.6) is 0 Å². The molecule has 0 heterocycles. The standard InChI is InChI=1S/C18H16FNO3/c19-17-11-15(12-21)8-9-16(17)7-4-10-20-18(22)23-13-14-5-2-1-3-6-14/h1-3,5-6,8-9,11,21H,10,12-13H2,(H,20,22). The number of carbonyl (C=O) groups is 1. The average molecular weight is 313 g/mol. The fraction of sp³-hybridized carbons (Fsp3) is 0.167. The fourth-order valence-electron chi connectivity index (χ4n) is 1.79. The number of aliphatic hydroxyl groups is 1. The molecule has 2 aromatic rings. The minimum Gasteiger partial charge on any atom is -0.445 e. The molecule has 0 radical (unpaired) electrons. The van der Waals surface area contributed by atoms with Crippen LogP contribution >= 0.6 is 0 Å². The summed E-state index contributed by atoms with van der Waals surface area (Å²) < 4.78 is 18.6. The Morgan fingerprint density at radius 2 is 1.96 bits per heavy atom. The van der Waals surface area contributed by atoms with Gasteiger partial charge in [-0.3, -0.25) is 0 Å². The van der Waals surface area contributed by atoms with Gasteiger partial charge in [-0.1, -0.05) is 48.2 Å². The van der Waals surface area contributed by atoms with E-state index >= 15 is 0 Å². The molecule has 0 aliphatic carbocycles. The van der Waals surface area contributed by atoms with Gasteiger partial charge in [0.25, 0.3) is 0 Å². The van der Waals surface area contributed by atoms with E-state index in [0.29, 0.717) is 5.56 Å². The smallest absolute Gasteiger partial charge is 0.408 e. The number of aliphatic hydroxyl groups excluding tert-OH is 1. The highest BCUT2D eigenvalue weighted by molar-refractivity contribution is 5.67. The summed E-state index contributed by atoms with van der Waals surface area (Å²) in [4.78, 5) is 11.5. The number of benzene rings is 2. The molecule has 118 valence electrons. The van der Waals surface area contributed by atoms with Gasteiger partial charge in [-0.25, -0.2) is 9.18 Å². The van der Waals surface area contributed by atoms with E-state index in [1.807, 2.05) is 30.3 Å². The zero-order valence-electron chi connectivity index (χ0n) is 12.4. The molecule has 0 aliphatic rings. The summed E-state index contributed by atoms with van der Waals surface area (Å²) in [7, 11) is 0. The monoisotopic (exact) mass is 313 g/mol. The first-order chi connectivity index (χ1) is 11.2. The van der Waals surface area contributed by atoms with Gasteiger partial charge >= 0.3 is 6.09 Å². The van der Waals surface area contributed by atoms with Crippen LogP contribution in [0.25, 0.3) is 0 Å². The Hall–Kier alpha value is -2.84. The molecule has 0 unspecified atom stereocenters. The largest absolute Gasteiger partial charge is 0.445 e. The van der Waals surface area contributed by atoms with Crippen LogP contribution in [-0.2, 0) is 18.0 Å². The molecule has 5 heteroatoms. The lowest BCUT2D eigenvalue weighted by atomic mass is 10.1. The Morgan fingerprint density at radius 1 is 1.17 bits per heavy atom. The SMILES string of the molecule is O=C(NCC#Cc1ccc(CO)cc1F)OCc1ccccc1. The highest BCUT2D eigenvalue weighted by atomic mass is 19.1. The predicted molar refractivity (Wildman–Crippen MR) is 83.8 cm³/mol. The van der Waals surface area contributed by atoms with Crippen molar-refractivity contribution in [3.8, 4) is 11.8 Å². The van der Waals surface area contributed by atoms with Gasteiger partial charge in [0, 0.05) is 0 Å². The first-order valence-corrected chi connectivity index (χ1v) is 7.02. The molecular weight excluding hydrogens is 297 g/mol.